The lowest BCUT2D eigenvalue weighted by Gasteiger charge is -2.21. The summed E-state index contributed by atoms with van der Waals surface area (Å²) in [6.45, 7) is 8.14. The third-order valence-corrected chi connectivity index (χ3v) is 7.49. The van der Waals surface area contributed by atoms with Crippen molar-refractivity contribution in [2.75, 3.05) is 25.5 Å². The Labute approximate surface area is 184 Å². The quantitative estimate of drug-likeness (QED) is 0.595. The first-order valence-corrected chi connectivity index (χ1v) is 11.9. The van der Waals surface area contributed by atoms with Crippen LogP contribution in [0.15, 0.2) is 35.2 Å². The zero-order valence-electron chi connectivity index (χ0n) is 18.1. The third-order valence-electron chi connectivity index (χ3n) is 5.06. The Morgan fingerprint density at radius 1 is 1.07 bits per heavy atom. The van der Waals surface area contributed by atoms with Crippen molar-refractivity contribution in [2.45, 2.75) is 45.4 Å². The van der Waals surface area contributed by atoms with Gasteiger partial charge >= 0.3 is 0 Å². The average molecular weight is 453 g/mol. The molecule has 0 radical (unpaired) electrons. The van der Waals surface area contributed by atoms with Gasteiger partial charge in [-0.1, -0.05) is 45.4 Å². The van der Waals surface area contributed by atoms with E-state index in [2.05, 4.69) is 5.32 Å². The first kappa shape index (κ1) is 24.2. The van der Waals surface area contributed by atoms with Gasteiger partial charge in [-0.2, -0.15) is 4.31 Å². The number of rotatable bonds is 9. The lowest BCUT2D eigenvalue weighted by Crippen LogP contribution is -2.31. The van der Waals surface area contributed by atoms with E-state index in [0.29, 0.717) is 30.2 Å². The van der Waals surface area contributed by atoms with Crippen molar-refractivity contribution in [3.05, 3.63) is 52.0 Å². The topological polar surface area (TPSA) is 75.7 Å². The second kappa shape index (κ2) is 10.3. The van der Waals surface area contributed by atoms with Gasteiger partial charge in [0.05, 0.1) is 7.11 Å². The highest BCUT2D eigenvalue weighted by Gasteiger charge is 2.27. The fraction of sp³-hybridized carbons (Fsp3) is 0.409. The summed E-state index contributed by atoms with van der Waals surface area (Å²) in [4.78, 5) is 13.0. The molecule has 0 spiro atoms. The van der Waals surface area contributed by atoms with Gasteiger partial charge in [-0.05, 0) is 48.2 Å². The summed E-state index contributed by atoms with van der Waals surface area (Å²) >= 11 is 6.33. The van der Waals surface area contributed by atoms with E-state index < -0.39 is 15.9 Å². The Kier molecular flexibility index (Phi) is 8.29. The molecule has 1 N–H and O–H groups in total. The number of amides is 1. The smallest absolute Gasteiger partial charge is 0.255 e. The van der Waals surface area contributed by atoms with Gasteiger partial charge < -0.3 is 10.1 Å². The molecule has 0 aliphatic heterocycles. The Hall–Kier alpha value is -2.09. The van der Waals surface area contributed by atoms with Gasteiger partial charge in [0.2, 0.25) is 10.0 Å². The molecule has 0 saturated carbocycles. The SMILES string of the molecule is CCc1ccc(Cl)c(CC)c1NC(=O)c1ccc(OC)c(S(=O)(=O)N(CC)CC)c1. The molecule has 0 aromatic heterocycles. The van der Waals surface area contributed by atoms with Crippen LogP contribution < -0.4 is 10.1 Å². The number of hydrogen-bond donors (Lipinski definition) is 1. The molecule has 1 amide bonds. The lowest BCUT2D eigenvalue weighted by atomic mass is 10.0. The van der Waals surface area contributed by atoms with Crippen LogP contribution in [-0.2, 0) is 22.9 Å². The van der Waals surface area contributed by atoms with Crippen molar-refractivity contribution in [3.63, 3.8) is 0 Å². The van der Waals surface area contributed by atoms with E-state index in [4.69, 9.17) is 16.3 Å². The average Bonchev–Trinajstić information content (AvgIpc) is 2.74. The van der Waals surface area contributed by atoms with Crippen LogP contribution in [0.25, 0.3) is 0 Å². The number of halogens is 1. The Balaban J connectivity index is 2.52. The fourth-order valence-electron chi connectivity index (χ4n) is 3.37. The van der Waals surface area contributed by atoms with Gasteiger partial charge in [0.15, 0.2) is 0 Å². The van der Waals surface area contributed by atoms with Crippen molar-refractivity contribution in [1.82, 2.24) is 4.31 Å². The molecule has 164 valence electrons. The second-order valence-electron chi connectivity index (χ2n) is 6.68. The highest BCUT2D eigenvalue weighted by atomic mass is 35.5. The summed E-state index contributed by atoms with van der Waals surface area (Å²) in [6, 6.07) is 8.14. The number of aryl methyl sites for hydroxylation is 1. The molecule has 0 unspecified atom stereocenters. The summed E-state index contributed by atoms with van der Waals surface area (Å²) in [5.41, 5.74) is 2.73. The predicted molar refractivity (Wildman–Crippen MR) is 121 cm³/mol. The Bertz CT molecular complexity index is 1020. The van der Waals surface area contributed by atoms with Crippen molar-refractivity contribution >= 4 is 33.2 Å². The van der Waals surface area contributed by atoms with Gasteiger partial charge in [0.1, 0.15) is 10.6 Å². The molecule has 0 atom stereocenters. The van der Waals surface area contributed by atoms with Crippen molar-refractivity contribution < 1.29 is 17.9 Å². The van der Waals surface area contributed by atoms with Gasteiger partial charge in [-0.15, -0.1) is 0 Å². The van der Waals surface area contributed by atoms with Crippen LogP contribution in [0.4, 0.5) is 5.69 Å². The summed E-state index contributed by atoms with van der Waals surface area (Å²) < 4.78 is 32.7. The predicted octanol–water partition coefficient (Wildman–Crippen LogP) is 4.76. The van der Waals surface area contributed by atoms with E-state index >= 15 is 0 Å². The van der Waals surface area contributed by atoms with Crippen LogP contribution in [0.1, 0.15) is 49.2 Å². The number of anilines is 1. The lowest BCUT2D eigenvalue weighted by molar-refractivity contribution is 0.102. The minimum absolute atomic E-state index is 0.0288. The molecule has 0 heterocycles. The summed E-state index contributed by atoms with van der Waals surface area (Å²) in [5, 5.41) is 3.53. The molecule has 2 aromatic carbocycles. The fourth-order valence-corrected chi connectivity index (χ4v) is 5.31. The number of ether oxygens (including phenoxy) is 1. The maximum absolute atomic E-state index is 13.0. The number of carbonyl (C=O) groups excluding carboxylic acids is 1. The van der Waals surface area contributed by atoms with Crippen LogP contribution in [0.2, 0.25) is 5.02 Å². The molecule has 2 rings (SSSR count). The van der Waals surface area contributed by atoms with Crippen LogP contribution in [-0.4, -0.2) is 38.8 Å². The molecule has 0 saturated heterocycles. The number of methoxy groups -OCH3 is 1. The molecular formula is C22H29ClN2O4S. The summed E-state index contributed by atoms with van der Waals surface area (Å²) in [5.74, 6) is -0.204. The number of benzene rings is 2. The van der Waals surface area contributed by atoms with Gasteiger partial charge in [0, 0.05) is 29.4 Å². The van der Waals surface area contributed by atoms with Crippen LogP contribution >= 0.6 is 11.6 Å². The van der Waals surface area contributed by atoms with Crippen molar-refractivity contribution in [1.29, 1.82) is 0 Å². The van der Waals surface area contributed by atoms with Crippen LogP contribution in [0, 0.1) is 0 Å². The molecule has 2 aromatic rings. The van der Waals surface area contributed by atoms with Crippen LogP contribution in [0.5, 0.6) is 5.75 Å². The van der Waals surface area contributed by atoms with E-state index in [1.54, 1.807) is 19.9 Å². The molecule has 6 nitrogen and oxygen atoms in total. The minimum atomic E-state index is -3.80. The minimum Gasteiger partial charge on any atom is -0.495 e. The largest absolute Gasteiger partial charge is 0.495 e. The molecule has 0 aliphatic carbocycles. The monoisotopic (exact) mass is 452 g/mol. The normalized spacial score (nSPS) is 11.6. The third kappa shape index (κ3) is 4.79. The maximum Gasteiger partial charge on any atom is 0.255 e. The molecule has 0 fully saturated rings. The highest BCUT2D eigenvalue weighted by Crippen LogP contribution is 2.31. The van der Waals surface area contributed by atoms with E-state index in [1.165, 1.54) is 23.5 Å². The Morgan fingerprint density at radius 2 is 1.73 bits per heavy atom. The Morgan fingerprint density at radius 3 is 2.27 bits per heavy atom. The van der Waals surface area contributed by atoms with E-state index in [-0.39, 0.29) is 16.2 Å². The van der Waals surface area contributed by atoms with Gasteiger partial charge in [0.25, 0.3) is 5.91 Å². The van der Waals surface area contributed by atoms with E-state index in [0.717, 1.165) is 17.5 Å². The first-order valence-electron chi connectivity index (χ1n) is 10.0. The molecule has 0 bridgehead atoms. The summed E-state index contributed by atoms with van der Waals surface area (Å²) in [7, 11) is -2.39. The summed E-state index contributed by atoms with van der Waals surface area (Å²) in [6.07, 6.45) is 1.39. The molecule has 0 aliphatic rings. The van der Waals surface area contributed by atoms with Crippen molar-refractivity contribution in [2.24, 2.45) is 0 Å². The van der Waals surface area contributed by atoms with E-state index in [9.17, 15) is 13.2 Å². The molecule has 8 heteroatoms. The first-order chi connectivity index (χ1) is 14.2. The second-order valence-corrected chi connectivity index (χ2v) is 8.99. The molecular weight excluding hydrogens is 424 g/mol. The zero-order valence-corrected chi connectivity index (χ0v) is 19.7. The standard InChI is InChI=1S/C22H29ClN2O4S/c1-6-15-10-12-18(23)17(7-2)21(15)24-22(26)16-11-13-19(29-5)20(14-16)30(27,28)25(8-3)9-4/h10-14H,6-9H2,1-5H3,(H,24,26). The number of carbonyl (C=O) groups is 1. The highest BCUT2D eigenvalue weighted by molar-refractivity contribution is 7.89. The number of sulfonamides is 1. The van der Waals surface area contributed by atoms with Gasteiger partial charge in [-0.25, -0.2) is 8.42 Å². The number of nitrogens with one attached hydrogen (secondary N) is 1. The number of nitrogens with zero attached hydrogens (tertiary/aromatic N) is 1. The number of hydrogen-bond acceptors (Lipinski definition) is 4. The maximum atomic E-state index is 13.0. The van der Waals surface area contributed by atoms with Crippen LogP contribution in [0.3, 0.4) is 0 Å². The van der Waals surface area contributed by atoms with Gasteiger partial charge in [-0.3, -0.25) is 4.79 Å². The van der Waals surface area contributed by atoms with Crippen molar-refractivity contribution in [3.8, 4) is 5.75 Å². The molecule has 30 heavy (non-hydrogen) atoms. The zero-order chi connectivity index (χ0) is 22.5. The van der Waals surface area contributed by atoms with E-state index in [1.807, 2.05) is 26.0 Å².